The molecule has 1 aliphatic rings. The molecular formula is C14H18N4O3. The molecule has 1 saturated heterocycles. The van der Waals surface area contributed by atoms with Crippen LogP contribution in [0.25, 0.3) is 11.4 Å². The van der Waals surface area contributed by atoms with Crippen LogP contribution in [0.1, 0.15) is 0 Å². The molecule has 1 fully saturated rings. The summed E-state index contributed by atoms with van der Waals surface area (Å²) >= 11 is 0. The number of hydrogen-bond acceptors (Lipinski definition) is 6. The van der Waals surface area contributed by atoms with E-state index in [-0.39, 0.29) is 0 Å². The molecule has 0 bridgehead atoms. The van der Waals surface area contributed by atoms with Crippen LogP contribution in [0, 0.1) is 0 Å². The van der Waals surface area contributed by atoms with Gasteiger partial charge in [-0.15, -0.1) is 5.10 Å². The van der Waals surface area contributed by atoms with Crippen molar-refractivity contribution in [3.05, 3.63) is 18.2 Å². The Kier molecular flexibility index (Phi) is 3.92. The Bertz CT molecular complexity index is 586. The highest BCUT2D eigenvalue weighted by Gasteiger charge is 2.20. The van der Waals surface area contributed by atoms with Crippen LogP contribution in [0.4, 0.5) is 5.95 Å². The molecule has 0 unspecified atom stereocenters. The van der Waals surface area contributed by atoms with Crippen LogP contribution < -0.4 is 14.4 Å². The van der Waals surface area contributed by atoms with E-state index in [9.17, 15) is 0 Å². The SMILES string of the molecule is COc1cccc(OC)c1-c1nc(N2CCOCC2)n[nH]1. The van der Waals surface area contributed by atoms with Crippen LogP contribution in [-0.4, -0.2) is 55.7 Å². The van der Waals surface area contributed by atoms with Gasteiger partial charge in [0, 0.05) is 13.1 Å². The average Bonchev–Trinajstić information content (AvgIpc) is 3.04. The van der Waals surface area contributed by atoms with Crippen LogP contribution in [0.5, 0.6) is 11.5 Å². The van der Waals surface area contributed by atoms with Crippen molar-refractivity contribution in [3.8, 4) is 22.9 Å². The van der Waals surface area contributed by atoms with Gasteiger partial charge in [0.2, 0.25) is 5.95 Å². The first-order valence-corrected chi connectivity index (χ1v) is 6.80. The Balaban J connectivity index is 1.95. The van der Waals surface area contributed by atoms with E-state index in [0.717, 1.165) is 18.7 Å². The number of ether oxygens (including phenoxy) is 3. The molecule has 0 aliphatic carbocycles. The Hall–Kier alpha value is -2.28. The normalized spacial score (nSPS) is 15.0. The summed E-state index contributed by atoms with van der Waals surface area (Å²) in [5.41, 5.74) is 0.773. The minimum atomic E-state index is 0.630. The maximum atomic E-state index is 5.40. The van der Waals surface area contributed by atoms with E-state index in [1.807, 2.05) is 18.2 Å². The van der Waals surface area contributed by atoms with Crippen molar-refractivity contribution in [1.29, 1.82) is 0 Å². The molecule has 7 nitrogen and oxygen atoms in total. The molecule has 1 aromatic carbocycles. The fourth-order valence-corrected chi connectivity index (χ4v) is 2.35. The summed E-state index contributed by atoms with van der Waals surface area (Å²) in [6, 6.07) is 5.62. The number of aromatic nitrogens is 3. The van der Waals surface area contributed by atoms with Crippen molar-refractivity contribution in [2.75, 3.05) is 45.4 Å². The van der Waals surface area contributed by atoms with Gasteiger partial charge in [0.1, 0.15) is 17.1 Å². The van der Waals surface area contributed by atoms with Gasteiger partial charge in [-0.25, -0.2) is 0 Å². The van der Waals surface area contributed by atoms with Crippen LogP contribution >= 0.6 is 0 Å². The second-order valence-corrected chi connectivity index (χ2v) is 4.62. The number of hydrogen-bond donors (Lipinski definition) is 1. The van der Waals surface area contributed by atoms with Crippen LogP contribution in [0.2, 0.25) is 0 Å². The fourth-order valence-electron chi connectivity index (χ4n) is 2.35. The topological polar surface area (TPSA) is 72.5 Å². The van der Waals surface area contributed by atoms with Gasteiger partial charge < -0.3 is 19.1 Å². The van der Waals surface area contributed by atoms with E-state index in [1.165, 1.54) is 0 Å². The third kappa shape index (κ3) is 2.64. The molecule has 0 spiro atoms. The van der Waals surface area contributed by atoms with E-state index in [4.69, 9.17) is 14.2 Å². The van der Waals surface area contributed by atoms with Gasteiger partial charge in [0.25, 0.3) is 0 Å². The highest BCUT2D eigenvalue weighted by Crippen LogP contribution is 2.36. The smallest absolute Gasteiger partial charge is 0.245 e. The number of nitrogens with one attached hydrogen (secondary N) is 1. The van der Waals surface area contributed by atoms with Crippen molar-refractivity contribution in [2.24, 2.45) is 0 Å². The minimum absolute atomic E-state index is 0.630. The molecule has 0 amide bonds. The second kappa shape index (κ2) is 6.01. The lowest BCUT2D eigenvalue weighted by molar-refractivity contribution is 0.122. The number of benzene rings is 1. The zero-order valence-electron chi connectivity index (χ0n) is 12.1. The number of nitrogens with zero attached hydrogens (tertiary/aromatic N) is 3. The predicted molar refractivity (Wildman–Crippen MR) is 78.0 cm³/mol. The number of morpholine rings is 1. The lowest BCUT2D eigenvalue weighted by atomic mass is 10.1. The summed E-state index contributed by atoms with van der Waals surface area (Å²) < 4.78 is 16.1. The van der Waals surface area contributed by atoms with Crippen molar-refractivity contribution < 1.29 is 14.2 Å². The standard InChI is InChI=1S/C14H18N4O3/c1-19-10-4-3-5-11(20-2)12(10)13-15-14(17-16-13)18-6-8-21-9-7-18/h3-5H,6-9H2,1-2H3,(H,15,16,17). The zero-order valence-corrected chi connectivity index (χ0v) is 12.1. The second-order valence-electron chi connectivity index (χ2n) is 4.62. The van der Waals surface area contributed by atoms with Gasteiger partial charge in [-0.2, -0.15) is 4.98 Å². The van der Waals surface area contributed by atoms with E-state index in [1.54, 1.807) is 14.2 Å². The number of rotatable bonds is 4. The first kappa shape index (κ1) is 13.7. The van der Waals surface area contributed by atoms with Crippen molar-refractivity contribution in [3.63, 3.8) is 0 Å². The molecule has 2 heterocycles. The van der Waals surface area contributed by atoms with Gasteiger partial charge in [0.05, 0.1) is 27.4 Å². The summed E-state index contributed by atoms with van der Waals surface area (Å²) in [5, 5.41) is 7.26. The Morgan fingerprint density at radius 3 is 2.43 bits per heavy atom. The third-order valence-corrected chi connectivity index (χ3v) is 3.43. The van der Waals surface area contributed by atoms with Gasteiger partial charge in [-0.1, -0.05) is 6.07 Å². The Morgan fingerprint density at radius 1 is 1.14 bits per heavy atom. The van der Waals surface area contributed by atoms with Gasteiger partial charge in [0.15, 0.2) is 5.82 Å². The molecule has 0 saturated carbocycles. The van der Waals surface area contributed by atoms with Crippen LogP contribution in [0.3, 0.4) is 0 Å². The molecule has 1 aromatic heterocycles. The van der Waals surface area contributed by atoms with Crippen LogP contribution in [-0.2, 0) is 4.74 Å². The zero-order chi connectivity index (χ0) is 14.7. The predicted octanol–water partition coefficient (Wildman–Crippen LogP) is 1.33. The maximum Gasteiger partial charge on any atom is 0.245 e. The highest BCUT2D eigenvalue weighted by molar-refractivity contribution is 5.72. The van der Waals surface area contributed by atoms with Gasteiger partial charge in [-0.3, -0.25) is 5.10 Å². The fraction of sp³-hybridized carbons (Fsp3) is 0.429. The average molecular weight is 290 g/mol. The summed E-state index contributed by atoms with van der Waals surface area (Å²) in [7, 11) is 3.25. The summed E-state index contributed by atoms with van der Waals surface area (Å²) in [5.74, 6) is 2.69. The van der Waals surface area contributed by atoms with E-state index in [0.29, 0.717) is 36.5 Å². The Morgan fingerprint density at radius 2 is 1.81 bits per heavy atom. The number of methoxy groups -OCH3 is 2. The molecule has 1 N–H and O–H groups in total. The molecule has 21 heavy (non-hydrogen) atoms. The molecule has 1 aliphatic heterocycles. The first-order chi connectivity index (χ1) is 10.3. The molecule has 2 aromatic rings. The lowest BCUT2D eigenvalue weighted by Gasteiger charge is -2.25. The van der Waals surface area contributed by atoms with Crippen LogP contribution in [0.15, 0.2) is 18.2 Å². The Labute approximate surface area is 122 Å². The summed E-state index contributed by atoms with van der Waals surface area (Å²) in [4.78, 5) is 6.65. The van der Waals surface area contributed by atoms with E-state index < -0.39 is 0 Å². The van der Waals surface area contributed by atoms with E-state index in [2.05, 4.69) is 20.1 Å². The number of H-pyrrole nitrogens is 1. The lowest BCUT2D eigenvalue weighted by Crippen LogP contribution is -2.36. The number of anilines is 1. The highest BCUT2D eigenvalue weighted by atomic mass is 16.5. The van der Waals surface area contributed by atoms with Crippen molar-refractivity contribution in [1.82, 2.24) is 15.2 Å². The maximum absolute atomic E-state index is 5.40. The summed E-state index contributed by atoms with van der Waals surface area (Å²) in [6.45, 7) is 2.98. The largest absolute Gasteiger partial charge is 0.496 e. The molecule has 3 rings (SSSR count). The first-order valence-electron chi connectivity index (χ1n) is 6.80. The molecule has 0 radical (unpaired) electrons. The molecule has 112 valence electrons. The van der Waals surface area contributed by atoms with E-state index >= 15 is 0 Å². The third-order valence-electron chi connectivity index (χ3n) is 3.43. The van der Waals surface area contributed by atoms with Gasteiger partial charge >= 0.3 is 0 Å². The molecular weight excluding hydrogens is 272 g/mol. The van der Waals surface area contributed by atoms with Gasteiger partial charge in [-0.05, 0) is 12.1 Å². The van der Waals surface area contributed by atoms with Crippen molar-refractivity contribution >= 4 is 5.95 Å². The molecule has 7 heteroatoms. The minimum Gasteiger partial charge on any atom is -0.496 e. The van der Waals surface area contributed by atoms with Crippen molar-refractivity contribution in [2.45, 2.75) is 0 Å². The quantitative estimate of drug-likeness (QED) is 0.915. The molecule has 0 atom stereocenters. The number of aromatic amines is 1. The monoisotopic (exact) mass is 290 g/mol. The summed E-state index contributed by atoms with van der Waals surface area (Å²) in [6.07, 6.45) is 0.